The molecule has 0 saturated heterocycles. The van der Waals surface area contributed by atoms with Gasteiger partial charge in [-0.1, -0.05) is 0 Å². The third kappa shape index (κ3) is 3.44. The van der Waals surface area contributed by atoms with Gasteiger partial charge in [0, 0.05) is 0 Å². The van der Waals surface area contributed by atoms with Crippen molar-refractivity contribution in [1.82, 2.24) is 5.32 Å². The molecule has 21 heavy (non-hydrogen) atoms. The van der Waals surface area contributed by atoms with E-state index in [1.54, 1.807) is 6.92 Å². The molecule has 0 aliphatic carbocycles. The molecule has 0 atom stereocenters. The topological polar surface area (TPSA) is 85.6 Å². The van der Waals surface area contributed by atoms with Crippen LogP contribution in [0.25, 0.3) is 10.8 Å². The maximum absolute atomic E-state index is 13.1. The second kappa shape index (κ2) is 6.17. The van der Waals surface area contributed by atoms with Crippen LogP contribution in [0.3, 0.4) is 0 Å². The average Bonchev–Trinajstić information content (AvgIpc) is 2.44. The molecule has 6 nitrogen and oxygen atoms in total. The van der Waals surface area contributed by atoms with Crippen molar-refractivity contribution in [1.29, 1.82) is 0 Å². The lowest BCUT2D eigenvalue weighted by Crippen LogP contribution is -2.31. The number of halogens is 1. The maximum Gasteiger partial charge on any atom is 0.344 e. The van der Waals surface area contributed by atoms with Gasteiger partial charge in [0.15, 0.2) is 5.76 Å². The molecule has 2 aromatic rings. The van der Waals surface area contributed by atoms with Gasteiger partial charge in [0.25, 0.3) is 5.91 Å². The Morgan fingerprint density at radius 2 is 2.10 bits per heavy atom. The second-order valence-electron chi connectivity index (χ2n) is 4.12. The van der Waals surface area contributed by atoms with E-state index in [1.807, 2.05) is 0 Å². The lowest BCUT2D eigenvalue weighted by Gasteiger charge is -2.05. The predicted molar refractivity (Wildman–Crippen MR) is 71.4 cm³/mol. The van der Waals surface area contributed by atoms with Crippen molar-refractivity contribution in [3.8, 4) is 0 Å². The largest absolute Gasteiger partial charge is 0.465 e. The smallest absolute Gasteiger partial charge is 0.344 e. The average molecular weight is 293 g/mol. The van der Waals surface area contributed by atoms with Crippen molar-refractivity contribution in [3.05, 3.63) is 46.3 Å². The third-order valence-electron chi connectivity index (χ3n) is 2.65. The van der Waals surface area contributed by atoms with E-state index in [1.165, 1.54) is 12.1 Å². The molecule has 0 fully saturated rings. The Balaban J connectivity index is 2.24. The first-order valence-electron chi connectivity index (χ1n) is 6.18. The quantitative estimate of drug-likeness (QED) is 0.857. The van der Waals surface area contributed by atoms with Crippen LogP contribution in [0.15, 0.2) is 33.5 Å². The summed E-state index contributed by atoms with van der Waals surface area (Å²) in [4.78, 5) is 34.6. The van der Waals surface area contributed by atoms with Gasteiger partial charge < -0.3 is 14.5 Å². The molecule has 7 heteroatoms. The minimum absolute atomic E-state index is 0.165. The fraction of sp³-hybridized carbons (Fsp3) is 0.214. The summed E-state index contributed by atoms with van der Waals surface area (Å²) in [5.74, 6) is -2.21. The monoisotopic (exact) mass is 293 g/mol. The van der Waals surface area contributed by atoms with Crippen LogP contribution in [-0.4, -0.2) is 25.0 Å². The van der Waals surface area contributed by atoms with E-state index in [2.05, 4.69) is 10.1 Å². The summed E-state index contributed by atoms with van der Waals surface area (Å²) < 4.78 is 22.6. The van der Waals surface area contributed by atoms with Gasteiger partial charge in [-0.3, -0.25) is 9.59 Å². The minimum atomic E-state index is -0.758. The van der Waals surface area contributed by atoms with Gasteiger partial charge in [-0.15, -0.1) is 0 Å². The SMILES string of the molecule is CCOC(=O)CNC(=O)c1cc2cc(F)ccc2c(=O)o1. The van der Waals surface area contributed by atoms with E-state index in [0.29, 0.717) is 0 Å². The Morgan fingerprint density at radius 3 is 2.81 bits per heavy atom. The van der Waals surface area contributed by atoms with E-state index in [0.717, 1.165) is 12.1 Å². The van der Waals surface area contributed by atoms with Crippen molar-refractivity contribution < 1.29 is 23.1 Å². The Labute approximate surface area is 118 Å². The van der Waals surface area contributed by atoms with E-state index >= 15 is 0 Å². The molecule has 1 amide bonds. The number of hydrogen-bond acceptors (Lipinski definition) is 5. The van der Waals surface area contributed by atoms with Crippen LogP contribution in [0.1, 0.15) is 17.5 Å². The number of rotatable bonds is 4. The van der Waals surface area contributed by atoms with E-state index in [9.17, 15) is 18.8 Å². The van der Waals surface area contributed by atoms with Crippen molar-refractivity contribution in [2.45, 2.75) is 6.92 Å². The summed E-state index contributed by atoms with van der Waals surface area (Å²) in [6, 6.07) is 4.76. The van der Waals surface area contributed by atoms with E-state index < -0.39 is 23.3 Å². The van der Waals surface area contributed by atoms with Crippen molar-refractivity contribution in [2.24, 2.45) is 0 Å². The molecule has 0 radical (unpaired) electrons. The summed E-state index contributed by atoms with van der Waals surface area (Å²) in [5, 5.41) is 2.66. The van der Waals surface area contributed by atoms with Gasteiger partial charge in [-0.2, -0.15) is 0 Å². The molecule has 1 aromatic heterocycles. The molecule has 0 saturated carbocycles. The van der Waals surface area contributed by atoms with Gasteiger partial charge in [0.05, 0.1) is 12.0 Å². The summed E-state index contributed by atoms with van der Waals surface area (Å²) in [6.45, 7) is 1.48. The Hall–Kier alpha value is -2.70. The molecule has 1 heterocycles. The van der Waals surface area contributed by atoms with Crippen LogP contribution >= 0.6 is 0 Å². The zero-order valence-corrected chi connectivity index (χ0v) is 11.1. The fourth-order valence-electron chi connectivity index (χ4n) is 1.73. The molecule has 0 aliphatic heterocycles. The summed E-state index contributed by atoms with van der Waals surface area (Å²) in [6.07, 6.45) is 0. The van der Waals surface area contributed by atoms with Crippen LogP contribution in [0.5, 0.6) is 0 Å². The Kier molecular flexibility index (Phi) is 4.32. The minimum Gasteiger partial charge on any atom is -0.465 e. The zero-order valence-electron chi connectivity index (χ0n) is 11.1. The normalized spacial score (nSPS) is 10.4. The molecular weight excluding hydrogens is 281 g/mol. The first kappa shape index (κ1) is 14.7. The van der Waals surface area contributed by atoms with Crippen LogP contribution in [0.4, 0.5) is 4.39 Å². The molecule has 110 valence electrons. The first-order valence-corrected chi connectivity index (χ1v) is 6.18. The molecule has 2 rings (SSSR count). The highest BCUT2D eigenvalue weighted by Crippen LogP contribution is 2.13. The lowest BCUT2D eigenvalue weighted by atomic mass is 10.1. The number of fused-ring (bicyclic) bond motifs is 1. The van der Waals surface area contributed by atoms with Crippen LogP contribution < -0.4 is 10.9 Å². The first-order chi connectivity index (χ1) is 10.0. The molecular formula is C14H12FNO5. The molecule has 0 bridgehead atoms. The molecule has 0 spiro atoms. The van der Waals surface area contributed by atoms with Crippen molar-refractivity contribution >= 4 is 22.6 Å². The number of esters is 1. The molecule has 0 unspecified atom stereocenters. The number of ether oxygens (including phenoxy) is 1. The number of carbonyl (C=O) groups excluding carboxylic acids is 2. The summed E-state index contributed by atoms with van der Waals surface area (Å²) in [5.41, 5.74) is -0.756. The number of hydrogen-bond donors (Lipinski definition) is 1. The third-order valence-corrected chi connectivity index (χ3v) is 2.65. The highest BCUT2D eigenvalue weighted by atomic mass is 19.1. The highest BCUT2D eigenvalue weighted by Gasteiger charge is 2.14. The van der Waals surface area contributed by atoms with Crippen LogP contribution in [0, 0.1) is 5.82 Å². The van der Waals surface area contributed by atoms with Crippen molar-refractivity contribution in [2.75, 3.05) is 13.2 Å². The number of benzene rings is 1. The van der Waals surface area contributed by atoms with Crippen LogP contribution in [0.2, 0.25) is 0 Å². The van der Waals surface area contributed by atoms with Gasteiger partial charge in [0.2, 0.25) is 0 Å². The van der Waals surface area contributed by atoms with Crippen molar-refractivity contribution in [3.63, 3.8) is 0 Å². The standard InChI is InChI=1S/C14H12FNO5/c1-2-20-12(17)7-16-13(18)11-6-8-5-9(15)3-4-10(8)14(19)21-11/h3-6H,2,7H2,1H3,(H,16,18). The van der Waals surface area contributed by atoms with Crippen LogP contribution in [-0.2, 0) is 9.53 Å². The highest BCUT2D eigenvalue weighted by molar-refractivity contribution is 5.96. The number of carbonyl (C=O) groups is 2. The van der Waals surface area contributed by atoms with E-state index in [4.69, 9.17) is 4.42 Å². The lowest BCUT2D eigenvalue weighted by molar-refractivity contribution is -0.141. The number of amides is 1. The van der Waals surface area contributed by atoms with Gasteiger partial charge >= 0.3 is 11.6 Å². The zero-order chi connectivity index (χ0) is 15.4. The summed E-state index contributed by atoms with van der Waals surface area (Å²) >= 11 is 0. The molecule has 1 aromatic carbocycles. The molecule has 0 aliphatic rings. The molecule has 1 N–H and O–H groups in total. The van der Waals surface area contributed by atoms with Gasteiger partial charge in [-0.25, -0.2) is 9.18 Å². The number of nitrogens with one attached hydrogen (secondary N) is 1. The Bertz CT molecular complexity index is 753. The fourth-order valence-corrected chi connectivity index (χ4v) is 1.73. The van der Waals surface area contributed by atoms with Gasteiger partial charge in [-0.05, 0) is 36.6 Å². The maximum atomic E-state index is 13.1. The summed E-state index contributed by atoms with van der Waals surface area (Å²) in [7, 11) is 0. The second-order valence-corrected chi connectivity index (χ2v) is 4.12. The van der Waals surface area contributed by atoms with E-state index in [-0.39, 0.29) is 29.7 Å². The predicted octanol–water partition coefficient (Wildman–Crippen LogP) is 1.22. The Morgan fingerprint density at radius 1 is 1.33 bits per heavy atom. The van der Waals surface area contributed by atoms with Gasteiger partial charge in [0.1, 0.15) is 12.4 Å².